The highest BCUT2D eigenvalue weighted by molar-refractivity contribution is 8.00. The fourth-order valence-electron chi connectivity index (χ4n) is 5.43. The SMILES string of the molecule is CC(=O)N(c1cccs1)C1C(=O)N2C(C(=O)OC(c3ccccc3)c3ccccc3)=C(C=COS(=O)(=O)c3ccc(C)cc3)CSC12. The van der Waals surface area contributed by atoms with Gasteiger partial charge >= 0.3 is 16.1 Å². The van der Waals surface area contributed by atoms with E-state index in [1.165, 1.54) is 58.0 Å². The van der Waals surface area contributed by atoms with Gasteiger partial charge in [0.1, 0.15) is 28.3 Å². The van der Waals surface area contributed by atoms with Gasteiger partial charge in [-0.3, -0.25) is 19.4 Å². The third-order valence-electron chi connectivity index (χ3n) is 7.71. The van der Waals surface area contributed by atoms with E-state index in [1.54, 1.807) is 24.3 Å². The Balaban J connectivity index is 1.36. The zero-order valence-corrected chi connectivity index (χ0v) is 27.8. The van der Waals surface area contributed by atoms with E-state index in [4.69, 9.17) is 8.92 Å². The molecule has 2 atom stereocenters. The van der Waals surface area contributed by atoms with Crippen molar-refractivity contribution in [3.63, 3.8) is 0 Å². The maximum absolute atomic E-state index is 14.2. The van der Waals surface area contributed by atoms with Gasteiger partial charge in [-0.15, -0.1) is 23.1 Å². The van der Waals surface area contributed by atoms with Crippen LogP contribution in [-0.4, -0.2) is 48.3 Å². The third-order valence-corrected chi connectivity index (χ3v) is 11.1. The first-order valence-electron chi connectivity index (χ1n) is 14.6. The van der Waals surface area contributed by atoms with Gasteiger partial charge in [0.25, 0.3) is 5.91 Å². The average Bonchev–Trinajstić information content (AvgIpc) is 3.61. The van der Waals surface area contributed by atoms with E-state index in [1.807, 2.05) is 73.0 Å². The van der Waals surface area contributed by atoms with Crippen LogP contribution >= 0.6 is 23.1 Å². The summed E-state index contributed by atoms with van der Waals surface area (Å²) in [5.41, 5.74) is 2.66. The summed E-state index contributed by atoms with van der Waals surface area (Å²) in [6.07, 6.45) is 1.58. The van der Waals surface area contributed by atoms with Crippen LogP contribution in [-0.2, 0) is 33.4 Å². The van der Waals surface area contributed by atoms with Crippen LogP contribution in [0.4, 0.5) is 5.00 Å². The van der Waals surface area contributed by atoms with Crippen LogP contribution in [0.2, 0.25) is 0 Å². The molecule has 3 heterocycles. The number of aryl methyl sites for hydroxylation is 1. The van der Waals surface area contributed by atoms with Crippen molar-refractivity contribution in [1.82, 2.24) is 4.90 Å². The standard InChI is InChI=1S/C35H30N2O7S3/c1-23-15-17-28(18-16-23)47(41,42)43-20-19-27-22-46-34-31(36(24(2)38)29-14-9-21-45-29)33(39)37(34)30(27)35(40)44-32(25-10-5-3-6-11-25)26-12-7-4-8-13-26/h3-21,31-32,34H,22H2,1-2H3. The molecule has 240 valence electrons. The molecule has 47 heavy (non-hydrogen) atoms. The second kappa shape index (κ2) is 13.6. The Bertz CT molecular complexity index is 1900. The number of fused-ring (bicyclic) bond motifs is 1. The van der Waals surface area contributed by atoms with Crippen LogP contribution in [0.3, 0.4) is 0 Å². The summed E-state index contributed by atoms with van der Waals surface area (Å²) in [4.78, 5) is 43.6. The fourth-order valence-corrected chi connectivity index (χ4v) is 8.38. The molecule has 2 aliphatic heterocycles. The van der Waals surface area contributed by atoms with Gasteiger partial charge in [0.15, 0.2) is 6.10 Å². The Morgan fingerprint density at radius 3 is 2.15 bits per heavy atom. The number of allylic oxidation sites excluding steroid dienone is 1. The van der Waals surface area contributed by atoms with Gasteiger partial charge in [-0.1, -0.05) is 78.4 Å². The van der Waals surface area contributed by atoms with Gasteiger partial charge in [-0.25, -0.2) is 4.79 Å². The highest BCUT2D eigenvalue weighted by Gasteiger charge is 2.57. The van der Waals surface area contributed by atoms with Crippen molar-refractivity contribution in [2.45, 2.75) is 36.3 Å². The lowest BCUT2D eigenvalue weighted by Gasteiger charge is -2.52. The molecule has 3 aromatic carbocycles. The molecule has 2 amide bonds. The molecule has 1 fully saturated rings. The number of ether oxygens (including phenoxy) is 1. The topological polar surface area (TPSA) is 110 Å². The van der Waals surface area contributed by atoms with E-state index >= 15 is 0 Å². The molecule has 2 aliphatic rings. The number of hydrogen-bond donors (Lipinski definition) is 0. The predicted octanol–water partition coefficient (Wildman–Crippen LogP) is 6.20. The number of esters is 1. The first-order chi connectivity index (χ1) is 22.7. The summed E-state index contributed by atoms with van der Waals surface area (Å²) in [5.74, 6) is -1.30. The van der Waals surface area contributed by atoms with E-state index in [-0.39, 0.29) is 22.3 Å². The smallest absolute Gasteiger partial charge is 0.356 e. The largest absolute Gasteiger partial charge is 0.448 e. The molecule has 6 rings (SSSR count). The molecule has 0 radical (unpaired) electrons. The third kappa shape index (κ3) is 6.62. The van der Waals surface area contributed by atoms with E-state index in [0.717, 1.165) is 23.0 Å². The summed E-state index contributed by atoms with van der Waals surface area (Å²) in [5, 5.41) is 1.87. The number of β-lactam (4-membered cyclic amide) rings is 1. The molecule has 0 saturated carbocycles. The second-order valence-electron chi connectivity index (χ2n) is 10.8. The second-order valence-corrected chi connectivity index (χ2v) is 14.4. The number of rotatable bonds is 10. The zero-order chi connectivity index (χ0) is 33.1. The van der Waals surface area contributed by atoms with Gasteiger partial charge < -0.3 is 8.92 Å². The summed E-state index contributed by atoms with van der Waals surface area (Å²) >= 11 is 2.70. The van der Waals surface area contributed by atoms with Gasteiger partial charge in [0, 0.05) is 12.7 Å². The molecule has 12 heteroatoms. The number of benzene rings is 3. The van der Waals surface area contributed by atoms with Crippen LogP contribution in [0.25, 0.3) is 0 Å². The van der Waals surface area contributed by atoms with Crippen molar-refractivity contribution in [3.8, 4) is 0 Å². The van der Waals surface area contributed by atoms with Crippen LogP contribution in [0.5, 0.6) is 0 Å². The first-order valence-corrected chi connectivity index (χ1v) is 18.0. The fraction of sp³-hybridized carbons (Fsp3) is 0.171. The van der Waals surface area contributed by atoms with Crippen LogP contribution in [0.1, 0.15) is 29.7 Å². The van der Waals surface area contributed by atoms with Gasteiger partial charge in [0.2, 0.25) is 5.91 Å². The van der Waals surface area contributed by atoms with E-state index in [0.29, 0.717) is 10.6 Å². The Kier molecular flexibility index (Phi) is 9.35. The number of carbonyl (C=O) groups excluding carboxylic acids is 3. The summed E-state index contributed by atoms with van der Waals surface area (Å²) in [6.45, 7) is 3.24. The molecule has 2 unspecified atom stereocenters. The lowest BCUT2D eigenvalue weighted by molar-refractivity contribution is -0.153. The quantitative estimate of drug-likeness (QED) is 0.0840. The van der Waals surface area contributed by atoms with E-state index < -0.39 is 39.5 Å². The van der Waals surface area contributed by atoms with E-state index in [9.17, 15) is 22.8 Å². The Hall–Kier alpha value is -4.65. The zero-order valence-electron chi connectivity index (χ0n) is 25.4. The van der Waals surface area contributed by atoms with Crippen LogP contribution in [0.15, 0.2) is 131 Å². The Labute approximate surface area is 281 Å². The number of nitrogens with zero attached hydrogens (tertiary/aromatic N) is 2. The summed E-state index contributed by atoms with van der Waals surface area (Å²) < 4.78 is 37.1. The predicted molar refractivity (Wildman–Crippen MR) is 181 cm³/mol. The van der Waals surface area contributed by atoms with Crippen molar-refractivity contribution in [1.29, 1.82) is 0 Å². The van der Waals surface area contributed by atoms with Crippen molar-refractivity contribution in [3.05, 3.63) is 143 Å². The number of anilines is 1. The maximum atomic E-state index is 14.2. The molecule has 4 aromatic rings. The van der Waals surface area contributed by atoms with Crippen molar-refractivity contribution in [2.75, 3.05) is 10.7 Å². The average molecular weight is 687 g/mol. The monoisotopic (exact) mass is 686 g/mol. The molecule has 0 N–H and O–H groups in total. The number of hydrogen-bond acceptors (Lipinski definition) is 9. The van der Waals surface area contributed by atoms with Crippen molar-refractivity contribution < 1.29 is 31.7 Å². The summed E-state index contributed by atoms with van der Waals surface area (Å²) in [7, 11) is -4.14. The number of thioether (sulfide) groups is 1. The molecule has 0 bridgehead atoms. The molecule has 0 spiro atoms. The Morgan fingerprint density at radius 2 is 1.57 bits per heavy atom. The molecule has 9 nitrogen and oxygen atoms in total. The summed E-state index contributed by atoms with van der Waals surface area (Å²) in [6, 6.07) is 27.4. The molecule has 1 saturated heterocycles. The van der Waals surface area contributed by atoms with Gasteiger partial charge in [0.05, 0.1) is 5.00 Å². The lowest BCUT2D eigenvalue weighted by atomic mass is 10.00. The molecule has 0 aliphatic carbocycles. The highest BCUT2D eigenvalue weighted by atomic mass is 32.2. The minimum absolute atomic E-state index is 0.0216. The van der Waals surface area contributed by atoms with Gasteiger partial charge in [-0.2, -0.15) is 8.42 Å². The Morgan fingerprint density at radius 1 is 0.936 bits per heavy atom. The maximum Gasteiger partial charge on any atom is 0.356 e. The minimum Gasteiger partial charge on any atom is -0.448 e. The first kappa shape index (κ1) is 32.3. The number of amides is 2. The molecular formula is C35H30N2O7S3. The van der Waals surface area contributed by atoms with E-state index in [2.05, 4.69) is 0 Å². The number of thiophene rings is 1. The van der Waals surface area contributed by atoms with Crippen LogP contribution in [0, 0.1) is 6.92 Å². The minimum atomic E-state index is -4.14. The number of carbonyl (C=O) groups is 3. The molecular weight excluding hydrogens is 657 g/mol. The van der Waals surface area contributed by atoms with Crippen molar-refractivity contribution in [2.24, 2.45) is 0 Å². The molecule has 1 aromatic heterocycles. The van der Waals surface area contributed by atoms with Crippen molar-refractivity contribution >= 4 is 56.0 Å². The van der Waals surface area contributed by atoms with Crippen LogP contribution < -0.4 is 4.90 Å². The highest BCUT2D eigenvalue weighted by Crippen LogP contribution is 2.45. The normalized spacial score (nSPS) is 17.8. The lowest BCUT2D eigenvalue weighted by Crippen LogP contribution is -2.71. The van der Waals surface area contributed by atoms with Gasteiger partial charge in [-0.05, 0) is 59.3 Å².